The number of rotatable bonds is 6. The second-order valence-corrected chi connectivity index (χ2v) is 9.55. The molecule has 1 amide bonds. The molecular formula is C20H23BrN2O4S. The van der Waals surface area contributed by atoms with Crippen LogP contribution in [-0.4, -0.2) is 38.3 Å². The van der Waals surface area contributed by atoms with Gasteiger partial charge in [0.1, 0.15) is 5.75 Å². The first-order chi connectivity index (χ1) is 13.4. The molecule has 2 aromatic rings. The van der Waals surface area contributed by atoms with Gasteiger partial charge in [0.25, 0.3) is 5.91 Å². The van der Waals surface area contributed by atoms with Crippen LogP contribution in [0, 0.1) is 6.92 Å². The van der Waals surface area contributed by atoms with E-state index in [1.54, 1.807) is 12.1 Å². The van der Waals surface area contributed by atoms with Gasteiger partial charge in [0.15, 0.2) is 6.61 Å². The minimum atomic E-state index is -3.47. The van der Waals surface area contributed by atoms with Crippen molar-refractivity contribution in [2.75, 3.05) is 25.0 Å². The highest BCUT2D eigenvalue weighted by molar-refractivity contribution is 9.10. The molecule has 0 saturated carbocycles. The second-order valence-electron chi connectivity index (χ2n) is 6.76. The minimum absolute atomic E-state index is 0.168. The molecule has 150 valence electrons. The molecule has 28 heavy (non-hydrogen) atoms. The van der Waals surface area contributed by atoms with Crippen molar-refractivity contribution in [1.29, 1.82) is 0 Å². The number of piperidine rings is 1. The van der Waals surface area contributed by atoms with Gasteiger partial charge in [-0.05, 0) is 77.7 Å². The summed E-state index contributed by atoms with van der Waals surface area (Å²) in [6, 6.07) is 11.8. The molecular weight excluding hydrogens is 444 g/mol. The van der Waals surface area contributed by atoms with E-state index >= 15 is 0 Å². The molecule has 0 aliphatic carbocycles. The topological polar surface area (TPSA) is 75.7 Å². The molecule has 0 atom stereocenters. The molecule has 0 radical (unpaired) electrons. The third-order valence-corrected chi connectivity index (χ3v) is 7.11. The molecule has 8 heteroatoms. The number of sulfonamides is 1. The van der Waals surface area contributed by atoms with Crippen molar-refractivity contribution >= 4 is 37.5 Å². The van der Waals surface area contributed by atoms with Gasteiger partial charge in [0, 0.05) is 17.6 Å². The van der Waals surface area contributed by atoms with Crippen molar-refractivity contribution in [2.24, 2.45) is 0 Å². The zero-order chi connectivity index (χ0) is 20.1. The number of nitrogens with one attached hydrogen (secondary N) is 1. The largest absolute Gasteiger partial charge is 0.484 e. The quantitative estimate of drug-likeness (QED) is 0.698. The fourth-order valence-corrected chi connectivity index (χ4v) is 5.13. The third-order valence-electron chi connectivity index (χ3n) is 4.55. The molecule has 3 rings (SSSR count). The zero-order valence-electron chi connectivity index (χ0n) is 15.7. The summed E-state index contributed by atoms with van der Waals surface area (Å²) >= 11 is 3.41. The minimum Gasteiger partial charge on any atom is -0.484 e. The zero-order valence-corrected chi connectivity index (χ0v) is 18.1. The Morgan fingerprint density at radius 2 is 1.79 bits per heavy atom. The SMILES string of the molecule is Cc1ccc(NC(=O)COc2ccc(S(=O)(=O)N3CCCCC3)cc2)c(Br)c1. The lowest BCUT2D eigenvalue weighted by molar-refractivity contribution is -0.118. The van der Waals surface area contributed by atoms with Gasteiger partial charge in [-0.25, -0.2) is 8.42 Å². The smallest absolute Gasteiger partial charge is 0.262 e. The van der Waals surface area contributed by atoms with Gasteiger partial charge in [0.05, 0.1) is 10.6 Å². The summed E-state index contributed by atoms with van der Waals surface area (Å²) in [5, 5.41) is 2.77. The van der Waals surface area contributed by atoms with Gasteiger partial charge in [-0.2, -0.15) is 4.31 Å². The Morgan fingerprint density at radius 1 is 1.11 bits per heavy atom. The summed E-state index contributed by atoms with van der Waals surface area (Å²) in [5.74, 6) is 0.144. The standard InChI is InChI=1S/C20H23BrN2O4S/c1-15-5-10-19(18(21)13-15)22-20(24)14-27-16-6-8-17(9-7-16)28(25,26)23-11-3-2-4-12-23/h5-10,13H,2-4,11-12,14H2,1H3,(H,22,24). The maximum atomic E-state index is 12.6. The average molecular weight is 467 g/mol. The summed E-state index contributed by atoms with van der Waals surface area (Å²) in [7, 11) is -3.47. The maximum Gasteiger partial charge on any atom is 0.262 e. The van der Waals surface area contributed by atoms with Crippen LogP contribution in [-0.2, 0) is 14.8 Å². The van der Waals surface area contributed by atoms with Crippen molar-refractivity contribution in [3.8, 4) is 5.75 Å². The summed E-state index contributed by atoms with van der Waals surface area (Å²) in [5.41, 5.74) is 1.75. The highest BCUT2D eigenvalue weighted by atomic mass is 79.9. The lowest BCUT2D eigenvalue weighted by atomic mass is 10.2. The Kier molecular flexibility index (Phi) is 6.74. The summed E-state index contributed by atoms with van der Waals surface area (Å²) in [4.78, 5) is 12.3. The molecule has 1 aliphatic heterocycles. The average Bonchev–Trinajstić information content (AvgIpc) is 2.69. The number of nitrogens with zero attached hydrogens (tertiary/aromatic N) is 1. The van der Waals surface area contributed by atoms with Crippen molar-refractivity contribution < 1.29 is 17.9 Å². The van der Waals surface area contributed by atoms with Gasteiger partial charge >= 0.3 is 0 Å². The Hall–Kier alpha value is -1.90. The van der Waals surface area contributed by atoms with Crippen LogP contribution in [0.4, 0.5) is 5.69 Å². The summed E-state index contributed by atoms with van der Waals surface area (Å²) in [6.45, 7) is 2.93. The lowest BCUT2D eigenvalue weighted by Gasteiger charge is -2.25. The van der Waals surface area contributed by atoms with E-state index in [-0.39, 0.29) is 17.4 Å². The number of carbonyl (C=O) groups excluding carboxylic acids is 1. The van der Waals surface area contributed by atoms with Gasteiger partial charge in [-0.15, -0.1) is 0 Å². The lowest BCUT2D eigenvalue weighted by Crippen LogP contribution is -2.35. The molecule has 1 N–H and O–H groups in total. The van der Waals surface area contributed by atoms with Gasteiger partial charge in [-0.3, -0.25) is 4.79 Å². The number of hydrogen-bond donors (Lipinski definition) is 1. The molecule has 6 nitrogen and oxygen atoms in total. The molecule has 0 bridgehead atoms. The van der Waals surface area contributed by atoms with Crippen LogP contribution in [0.25, 0.3) is 0 Å². The van der Waals surface area contributed by atoms with Crippen molar-refractivity contribution in [3.63, 3.8) is 0 Å². The van der Waals surface area contributed by atoms with E-state index in [1.165, 1.54) is 16.4 Å². The number of halogens is 1. The first-order valence-electron chi connectivity index (χ1n) is 9.15. The van der Waals surface area contributed by atoms with Gasteiger partial charge < -0.3 is 10.1 Å². The summed E-state index contributed by atoms with van der Waals surface area (Å²) in [6.07, 6.45) is 2.86. The van der Waals surface area contributed by atoms with Gasteiger partial charge in [-0.1, -0.05) is 12.5 Å². The van der Waals surface area contributed by atoms with Crippen molar-refractivity contribution in [2.45, 2.75) is 31.1 Å². The Morgan fingerprint density at radius 3 is 2.43 bits per heavy atom. The normalized spacial score (nSPS) is 15.2. The van der Waals surface area contributed by atoms with Crippen molar-refractivity contribution in [3.05, 3.63) is 52.5 Å². The molecule has 1 saturated heterocycles. The molecule has 1 fully saturated rings. The van der Waals surface area contributed by atoms with E-state index in [4.69, 9.17) is 4.74 Å². The first-order valence-corrected chi connectivity index (χ1v) is 11.4. The van der Waals surface area contributed by atoms with E-state index < -0.39 is 10.0 Å². The molecule has 0 unspecified atom stereocenters. The third kappa shape index (κ3) is 5.12. The predicted molar refractivity (Wildman–Crippen MR) is 112 cm³/mol. The van der Waals surface area contributed by atoms with E-state index in [0.717, 1.165) is 29.3 Å². The molecule has 0 aromatic heterocycles. The Balaban J connectivity index is 1.57. The maximum absolute atomic E-state index is 12.6. The molecule has 1 aliphatic rings. The highest BCUT2D eigenvalue weighted by Crippen LogP contribution is 2.24. The predicted octanol–water partition coefficient (Wildman–Crippen LogP) is 3.95. The van der Waals surface area contributed by atoms with Crippen LogP contribution in [0.1, 0.15) is 24.8 Å². The van der Waals surface area contributed by atoms with E-state index in [2.05, 4.69) is 21.2 Å². The molecule has 2 aromatic carbocycles. The fraction of sp³-hybridized carbons (Fsp3) is 0.350. The van der Waals surface area contributed by atoms with E-state index in [9.17, 15) is 13.2 Å². The number of hydrogen-bond acceptors (Lipinski definition) is 4. The van der Waals surface area contributed by atoms with E-state index in [1.807, 2.05) is 25.1 Å². The monoisotopic (exact) mass is 466 g/mol. The van der Waals surface area contributed by atoms with Crippen LogP contribution < -0.4 is 10.1 Å². The van der Waals surface area contributed by atoms with Crippen LogP contribution in [0.2, 0.25) is 0 Å². The number of benzene rings is 2. The molecule has 0 spiro atoms. The highest BCUT2D eigenvalue weighted by Gasteiger charge is 2.25. The van der Waals surface area contributed by atoms with Crippen LogP contribution in [0.5, 0.6) is 5.75 Å². The number of amides is 1. The van der Waals surface area contributed by atoms with Gasteiger partial charge in [0.2, 0.25) is 10.0 Å². The number of ether oxygens (including phenoxy) is 1. The summed E-state index contributed by atoms with van der Waals surface area (Å²) < 4.78 is 33.1. The van der Waals surface area contributed by atoms with Crippen LogP contribution >= 0.6 is 15.9 Å². The van der Waals surface area contributed by atoms with E-state index in [0.29, 0.717) is 24.5 Å². The fourth-order valence-electron chi connectivity index (χ4n) is 3.02. The first kappa shape index (κ1) is 20.8. The number of aryl methyl sites for hydroxylation is 1. The number of anilines is 1. The van der Waals surface area contributed by atoms with Crippen LogP contribution in [0.3, 0.4) is 0 Å². The second kappa shape index (κ2) is 9.07. The Bertz CT molecular complexity index is 939. The number of carbonyl (C=O) groups is 1. The Labute approximate surface area is 174 Å². The molecule has 1 heterocycles. The van der Waals surface area contributed by atoms with Crippen LogP contribution in [0.15, 0.2) is 51.8 Å². The van der Waals surface area contributed by atoms with Crippen molar-refractivity contribution in [1.82, 2.24) is 4.31 Å².